The number of hydrogen-bond acceptors (Lipinski definition) is 4. The van der Waals surface area contributed by atoms with Crippen molar-refractivity contribution in [2.24, 2.45) is 5.73 Å². The third-order valence-electron chi connectivity index (χ3n) is 4.22. The standard InChI is InChI=1S/C18H20N2O4/c1-11(23-2)24-16-9-4-3-6-13(16)20-10-12(18(19)22)17-14(20)7-5-8-15(17)21/h3-4,6,9-11H,5,7-8H2,1-2H3,(H2,19,22). The lowest BCUT2D eigenvalue weighted by atomic mass is 9.93. The number of fused-ring (bicyclic) bond motifs is 1. The van der Waals surface area contributed by atoms with Crippen molar-refractivity contribution in [2.75, 3.05) is 7.11 Å². The Morgan fingerprint density at radius 1 is 1.29 bits per heavy atom. The number of aromatic nitrogens is 1. The number of para-hydroxylation sites is 2. The van der Waals surface area contributed by atoms with Crippen LogP contribution >= 0.6 is 0 Å². The molecule has 1 atom stereocenters. The molecule has 1 aromatic heterocycles. The Morgan fingerprint density at radius 2 is 2.04 bits per heavy atom. The van der Waals surface area contributed by atoms with Crippen molar-refractivity contribution in [3.8, 4) is 11.4 Å². The predicted octanol–water partition coefficient (Wildman–Crippen LogP) is 2.47. The zero-order valence-corrected chi connectivity index (χ0v) is 13.7. The number of Topliss-reactive ketones (excluding diaryl/α,β-unsaturated/α-hetero) is 1. The summed E-state index contributed by atoms with van der Waals surface area (Å²) in [5.41, 5.74) is 7.75. The maximum Gasteiger partial charge on any atom is 0.251 e. The fourth-order valence-corrected chi connectivity index (χ4v) is 3.03. The minimum atomic E-state index is -0.594. The van der Waals surface area contributed by atoms with Gasteiger partial charge >= 0.3 is 0 Å². The van der Waals surface area contributed by atoms with Crippen molar-refractivity contribution >= 4 is 11.7 Å². The smallest absolute Gasteiger partial charge is 0.251 e. The van der Waals surface area contributed by atoms with E-state index in [1.54, 1.807) is 20.2 Å². The molecule has 0 saturated heterocycles. The van der Waals surface area contributed by atoms with E-state index in [-0.39, 0.29) is 11.3 Å². The number of methoxy groups -OCH3 is 1. The molecule has 1 heterocycles. The normalized spacial score (nSPS) is 15.0. The summed E-state index contributed by atoms with van der Waals surface area (Å²) in [4.78, 5) is 24.1. The van der Waals surface area contributed by atoms with Crippen molar-refractivity contribution in [3.05, 3.63) is 47.3 Å². The Hall–Kier alpha value is -2.60. The second-order valence-corrected chi connectivity index (χ2v) is 5.76. The number of ketones is 1. The lowest BCUT2D eigenvalue weighted by Gasteiger charge is -2.19. The second-order valence-electron chi connectivity index (χ2n) is 5.76. The fraction of sp³-hybridized carbons (Fsp3) is 0.333. The highest BCUT2D eigenvalue weighted by Crippen LogP contribution is 2.32. The van der Waals surface area contributed by atoms with Crippen molar-refractivity contribution < 1.29 is 19.1 Å². The van der Waals surface area contributed by atoms with E-state index in [9.17, 15) is 9.59 Å². The molecule has 1 aromatic carbocycles. The summed E-state index contributed by atoms with van der Waals surface area (Å²) in [6.45, 7) is 1.79. The first-order chi connectivity index (χ1) is 11.5. The maximum atomic E-state index is 12.3. The second kappa shape index (κ2) is 6.49. The monoisotopic (exact) mass is 328 g/mol. The first-order valence-corrected chi connectivity index (χ1v) is 7.89. The van der Waals surface area contributed by atoms with E-state index in [0.29, 0.717) is 24.2 Å². The molecule has 1 aliphatic rings. The molecule has 1 amide bonds. The van der Waals surface area contributed by atoms with Crippen LogP contribution in [0.5, 0.6) is 5.75 Å². The molecular formula is C18H20N2O4. The van der Waals surface area contributed by atoms with Gasteiger partial charge in [-0.3, -0.25) is 9.59 Å². The van der Waals surface area contributed by atoms with E-state index in [1.807, 2.05) is 28.8 Å². The summed E-state index contributed by atoms with van der Waals surface area (Å²) in [6.07, 6.45) is 3.12. The Balaban J connectivity index is 2.16. The summed E-state index contributed by atoms with van der Waals surface area (Å²) in [5.74, 6) is -0.0185. The van der Waals surface area contributed by atoms with Gasteiger partial charge in [-0.1, -0.05) is 12.1 Å². The molecule has 0 saturated carbocycles. The van der Waals surface area contributed by atoms with Crippen LogP contribution in [-0.2, 0) is 11.2 Å². The highest BCUT2D eigenvalue weighted by molar-refractivity contribution is 6.09. The van der Waals surface area contributed by atoms with Crippen LogP contribution in [0.3, 0.4) is 0 Å². The molecule has 6 heteroatoms. The van der Waals surface area contributed by atoms with Gasteiger partial charge in [0.25, 0.3) is 5.91 Å². The molecule has 1 aliphatic carbocycles. The lowest BCUT2D eigenvalue weighted by molar-refractivity contribution is -0.0382. The van der Waals surface area contributed by atoms with Crippen LogP contribution in [0.25, 0.3) is 5.69 Å². The van der Waals surface area contributed by atoms with E-state index < -0.39 is 12.2 Å². The molecule has 0 aliphatic heterocycles. The number of ether oxygens (including phenoxy) is 2. The molecular weight excluding hydrogens is 308 g/mol. The van der Waals surface area contributed by atoms with Crippen LogP contribution in [0.15, 0.2) is 30.5 Å². The molecule has 0 bridgehead atoms. The fourth-order valence-electron chi connectivity index (χ4n) is 3.03. The van der Waals surface area contributed by atoms with Crippen molar-refractivity contribution in [1.82, 2.24) is 4.57 Å². The van der Waals surface area contributed by atoms with Gasteiger partial charge in [-0.25, -0.2) is 0 Å². The van der Waals surface area contributed by atoms with Gasteiger partial charge in [0.1, 0.15) is 5.75 Å². The summed E-state index contributed by atoms with van der Waals surface area (Å²) in [7, 11) is 1.56. The number of rotatable bonds is 5. The number of nitrogens with zero attached hydrogens (tertiary/aromatic N) is 1. The van der Waals surface area contributed by atoms with Crippen molar-refractivity contribution in [2.45, 2.75) is 32.5 Å². The highest BCUT2D eigenvalue weighted by atomic mass is 16.7. The summed E-state index contributed by atoms with van der Waals surface area (Å²) < 4.78 is 12.8. The molecule has 24 heavy (non-hydrogen) atoms. The van der Waals surface area contributed by atoms with E-state index in [4.69, 9.17) is 15.2 Å². The Morgan fingerprint density at radius 3 is 2.75 bits per heavy atom. The van der Waals surface area contributed by atoms with Crippen molar-refractivity contribution in [1.29, 1.82) is 0 Å². The minimum absolute atomic E-state index is 0.0348. The average Bonchev–Trinajstić information content (AvgIpc) is 2.96. The average molecular weight is 328 g/mol. The van der Waals surface area contributed by atoms with Gasteiger partial charge in [-0.05, 0) is 31.9 Å². The van der Waals surface area contributed by atoms with Crippen LogP contribution in [0.1, 0.15) is 46.2 Å². The number of hydrogen-bond donors (Lipinski definition) is 1. The van der Waals surface area contributed by atoms with Crippen molar-refractivity contribution in [3.63, 3.8) is 0 Å². The summed E-state index contributed by atoms with van der Waals surface area (Å²) >= 11 is 0. The van der Waals surface area contributed by atoms with Crippen LogP contribution in [0.2, 0.25) is 0 Å². The largest absolute Gasteiger partial charge is 0.463 e. The molecule has 1 unspecified atom stereocenters. The number of nitrogens with two attached hydrogens (primary N) is 1. The lowest BCUT2D eigenvalue weighted by Crippen LogP contribution is -2.18. The maximum absolute atomic E-state index is 12.3. The molecule has 0 fully saturated rings. The molecule has 2 N–H and O–H groups in total. The van der Waals surface area contributed by atoms with Crippen LogP contribution in [-0.4, -0.2) is 29.7 Å². The Kier molecular flexibility index (Phi) is 4.40. The van der Waals surface area contributed by atoms with Gasteiger partial charge in [0.2, 0.25) is 0 Å². The number of carbonyl (C=O) groups is 2. The van der Waals surface area contributed by atoms with Gasteiger partial charge in [0.15, 0.2) is 12.1 Å². The zero-order chi connectivity index (χ0) is 17.3. The Labute approximate surface area is 140 Å². The topological polar surface area (TPSA) is 83.5 Å². The van der Waals surface area contributed by atoms with E-state index in [2.05, 4.69) is 0 Å². The first kappa shape index (κ1) is 16.3. The molecule has 3 rings (SSSR count). The predicted molar refractivity (Wildman–Crippen MR) is 88.7 cm³/mol. The number of carbonyl (C=O) groups excluding carboxylic acids is 2. The van der Waals surface area contributed by atoms with Crippen LogP contribution < -0.4 is 10.5 Å². The molecule has 126 valence electrons. The summed E-state index contributed by atoms with van der Waals surface area (Å²) in [5, 5.41) is 0. The van der Waals surface area contributed by atoms with E-state index in [1.165, 1.54) is 0 Å². The van der Waals surface area contributed by atoms with Gasteiger partial charge < -0.3 is 19.8 Å². The van der Waals surface area contributed by atoms with Crippen LogP contribution in [0.4, 0.5) is 0 Å². The third-order valence-corrected chi connectivity index (χ3v) is 4.22. The third kappa shape index (κ3) is 2.80. The highest BCUT2D eigenvalue weighted by Gasteiger charge is 2.28. The Bertz CT molecular complexity index is 794. The van der Waals surface area contributed by atoms with Gasteiger partial charge in [-0.2, -0.15) is 0 Å². The molecule has 2 aromatic rings. The van der Waals surface area contributed by atoms with Gasteiger partial charge in [-0.15, -0.1) is 0 Å². The quantitative estimate of drug-likeness (QED) is 0.855. The zero-order valence-electron chi connectivity index (χ0n) is 13.7. The van der Waals surface area contributed by atoms with E-state index in [0.717, 1.165) is 17.8 Å². The van der Waals surface area contributed by atoms with E-state index >= 15 is 0 Å². The minimum Gasteiger partial charge on any atom is -0.463 e. The molecule has 0 radical (unpaired) electrons. The first-order valence-electron chi connectivity index (χ1n) is 7.89. The van der Waals surface area contributed by atoms with Gasteiger partial charge in [0, 0.05) is 25.4 Å². The SMILES string of the molecule is COC(C)Oc1ccccc1-n1cc(C(N)=O)c2c1CCCC2=O. The number of primary amides is 1. The summed E-state index contributed by atoms with van der Waals surface area (Å²) in [6, 6.07) is 7.44. The number of benzene rings is 1. The molecule has 0 spiro atoms. The molecule has 6 nitrogen and oxygen atoms in total. The number of amides is 1. The van der Waals surface area contributed by atoms with Gasteiger partial charge in [0.05, 0.1) is 16.8 Å². The van der Waals surface area contributed by atoms with Crippen LogP contribution in [0, 0.1) is 0 Å².